The number of rotatable bonds is 4. The molecule has 4 aromatic rings. The number of nitrogens with zero attached hydrogens (tertiary/aromatic N) is 4. The zero-order chi connectivity index (χ0) is 22.1. The Kier molecular flexibility index (Phi) is 5.28. The van der Waals surface area contributed by atoms with Crippen molar-refractivity contribution in [3.8, 4) is 11.4 Å². The number of amides is 1. The molecule has 0 unspecified atom stereocenters. The smallest absolute Gasteiger partial charge is 0.257 e. The fourth-order valence-electron chi connectivity index (χ4n) is 3.73. The number of nitrogens with one attached hydrogen (secondary N) is 2. The van der Waals surface area contributed by atoms with Gasteiger partial charge in [0.25, 0.3) is 5.91 Å². The summed E-state index contributed by atoms with van der Waals surface area (Å²) in [6, 6.07) is 22.6. The van der Waals surface area contributed by atoms with Crippen molar-refractivity contribution in [1.82, 2.24) is 19.7 Å². The van der Waals surface area contributed by atoms with Crippen LogP contribution in [0.3, 0.4) is 0 Å². The summed E-state index contributed by atoms with van der Waals surface area (Å²) in [5.41, 5.74) is 3.09. The van der Waals surface area contributed by atoms with Gasteiger partial charge < -0.3 is 10.6 Å². The average molecular weight is 487 g/mol. The molecule has 1 aliphatic heterocycles. The highest BCUT2D eigenvalue weighted by atomic mass is 79.9. The lowest BCUT2D eigenvalue weighted by Gasteiger charge is -2.28. The molecule has 2 N–H and O–H groups in total. The van der Waals surface area contributed by atoms with Crippen LogP contribution in [0.4, 0.5) is 11.8 Å². The second kappa shape index (κ2) is 8.39. The van der Waals surface area contributed by atoms with Crippen molar-refractivity contribution in [3.63, 3.8) is 0 Å². The van der Waals surface area contributed by atoms with Crippen LogP contribution in [0.2, 0.25) is 0 Å². The molecule has 0 aliphatic carbocycles. The van der Waals surface area contributed by atoms with Crippen molar-refractivity contribution >= 4 is 33.6 Å². The minimum atomic E-state index is -0.451. The van der Waals surface area contributed by atoms with Crippen LogP contribution in [-0.2, 0) is 4.79 Å². The molecule has 32 heavy (non-hydrogen) atoms. The number of benzene rings is 2. The van der Waals surface area contributed by atoms with E-state index in [1.807, 2.05) is 67.6 Å². The van der Waals surface area contributed by atoms with Gasteiger partial charge in [-0.1, -0.05) is 64.5 Å². The number of hydrogen-bond acceptors (Lipinski definition) is 5. The van der Waals surface area contributed by atoms with E-state index in [4.69, 9.17) is 10.1 Å². The highest BCUT2D eigenvalue weighted by Crippen LogP contribution is 2.37. The van der Waals surface area contributed by atoms with E-state index in [2.05, 4.69) is 31.5 Å². The van der Waals surface area contributed by atoms with E-state index in [-0.39, 0.29) is 5.91 Å². The van der Waals surface area contributed by atoms with E-state index >= 15 is 0 Å². The Morgan fingerprint density at radius 3 is 2.50 bits per heavy atom. The summed E-state index contributed by atoms with van der Waals surface area (Å²) in [5, 5.41) is 10.9. The van der Waals surface area contributed by atoms with Gasteiger partial charge in [0, 0.05) is 21.9 Å². The lowest BCUT2D eigenvalue weighted by molar-refractivity contribution is -0.113. The highest BCUT2D eigenvalue weighted by Gasteiger charge is 2.34. The Bertz CT molecular complexity index is 1300. The fourth-order valence-corrected chi connectivity index (χ4v) is 3.99. The zero-order valence-electron chi connectivity index (χ0n) is 17.2. The monoisotopic (exact) mass is 486 g/mol. The first-order valence-corrected chi connectivity index (χ1v) is 10.9. The fraction of sp³-hybridized carbons (Fsp3) is 0.0833. The third-order valence-electron chi connectivity index (χ3n) is 5.22. The molecule has 0 saturated heterocycles. The number of anilines is 2. The maximum atomic E-state index is 13.4. The Labute approximate surface area is 193 Å². The third kappa shape index (κ3) is 3.80. The van der Waals surface area contributed by atoms with Crippen molar-refractivity contribution in [1.29, 1.82) is 0 Å². The van der Waals surface area contributed by atoms with Gasteiger partial charge in [-0.2, -0.15) is 4.98 Å². The molecule has 7 nitrogen and oxygen atoms in total. The quantitative estimate of drug-likeness (QED) is 0.422. The molecule has 0 saturated carbocycles. The molecule has 3 heterocycles. The maximum absolute atomic E-state index is 13.4. The normalized spacial score (nSPS) is 15.1. The minimum Gasteiger partial charge on any atom is -0.328 e. The third-order valence-corrected chi connectivity index (χ3v) is 5.75. The van der Waals surface area contributed by atoms with Crippen LogP contribution in [0.25, 0.3) is 11.4 Å². The van der Waals surface area contributed by atoms with E-state index < -0.39 is 6.04 Å². The lowest BCUT2D eigenvalue weighted by Crippen LogP contribution is -2.31. The van der Waals surface area contributed by atoms with Crippen molar-refractivity contribution < 1.29 is 4.79 Å². The summed E-state index contributed by atoms with van der Waals surface area (Å²) in [6.07, 6.45) is 1.64. The number of hydrogen-bond donors (Lipinski definition) is 2. The topological polar surface area (TPSA) is 84.7 Å². The molecule has 1 atom stereocenters. The zero-order valence-corrected chi connectivity index (χ0v) is 18.7. The van der Waals surface area contributed by atoms with Gasteiger partial charge in [0.05, 0.1) is 5.57 Å². The molecule has 2 aromatic heterocycles. The van der Waals surface area contributed by atoms with Crippen molar-refractivity contribution in [2.75, 3.05) is 10.6 Å². The minimum absolute atomic E-state index is 0.246. The SMILES string of the molecule is CC1=C(C(=O)Nc2ccccn2)[C@@H](c2ccc(Br)cc2)n2nc(-c3ccccc3)nc2N1. The van der Waals surface area contributed by atoms with E-state index in [1.165, 1.54) is 0 Å². The van der Waals surface area contributed by atoms with Gasteiger partial charge in [-0.3, -0.25) is 4.79 Å². The van der Waals surface area contributed by atoms with E-state index in [1.54, 1.807) is 23.0 Å². The second-order valence-electron chi connectivity index (χ2n) is 7.36. The van der Waals surface area contributed by atoms with Gasteiger partial charge in [0.2, 0.25) is 5.95 Å². The van der Waals surface area contributed by atoms with Gasteiger partial charge in [0.1, 0.15) is 11.9 Å². The Balaban J connectivity index is 1.60. The first-order chi connectivity index (χ1) is 15.6. The maximum Gasteiger partial charge on any atom is 0.257 e. The summed E-state index contributed by atoms with van der Waals surface area (Å²) in [7, 11) is 0. The van der Waals surface area contributed by atoms with Gasteiger partial charge in [-0.25, -0.2) is 9.67 Å². The van der Waals surface area contributed by atoms with Gasteiger partial charge in [-0.15, -0.1) is 5.10 Å². The number of aromatic nitrogens is 4. The van der Waals surface area contributed by atoms with Crippen LogP contribution in [0.1, 0.15) is 18.5 Å². The molecule has 0 radical (unpaired) electrons. The molecule has 158 valence electrons. The molecular weight excluding hydrogens is 468 g/mol. The van der Waals surface area contributed by atoms with Crippen LogP contribution in [0, 0.1) is 0 Å². The lowest BCUT2D eigenvalue weighted by atomic mass is 9.95. The van der Waals surface area contributed by atoms with Crippen molar-refractivity contribution in [2.45, 2.75) is 13.0 Å². The number of fused-ring (bicyclic) bond motifs is 1. The Morgan fingerprint density at radius 2 is 1.78 bits per heavy atom. The van der Waals surface area contributed by atoms with Crippen molar-refractivity contribution in [3.05, 3.63) is 100 Å². The summed E-state index contributed by atoms with van der Waals surface area (Å²) >= 11 is 3.49. The van der Waals surface area contributed by atoms with Crippen molar-refractivity contribution in [2.24, 2.45) is 0 Å². The first kappa shape index (κ1) is 20.1. The molecule has 0 fully saturated rings. The Morgan fingerprint density at radius 1 is 1.03 bits per heavy atom. The van der Waals surface area contributed by atoms with Crippen LogP contribution in [0.5, 0.6) is 0 Å². The number of pyridine rings is 1. The van der Waals surface area contributed by atoms with E-state index in [0.717, 1.165) is 15.6 Å². The van der Waals surface area contributed by atoms with Crippen LogP contribution < -0.4 is 10.6 Å². The first-order valence-electron chi connectivity index (χ1n) is 10.1. The number of carbonyl (C=O) groups is 1. The standard InChI is InChI=1S/C24H19BrN6O/c1-15-20(23(32)28-19-9-5-6-14-26-19)21(16-10-12-18(25)13-11-16)31-24(27-15)29-22(30-31)17-7-3-2-4-8-17/h2-14,21H,1H3,(H,26,28,32)(H,27,29,30)/t21-/m1/s1. The molecule has 8 heteroatoms. The summed E-state index contributed by atoms with van der Waals surface area (Å²) < 4.78 is 2.73. The summed E-state index contributed by atoms with van der Waals surface area (Å²) in [6.45, 7) is 1.87. The largest absolute Gasteiger partial charge is 0.328 e. The van der Waals surface area contributed by atoms with Crippen LogP contribution in [-0.4, -0.2) is 25.7 Å². The number of allylic oxidation sites excluding steroid dienone is 1. The second-order valence-corrected chi connectivity index (χ2v) is 8.27. The van der Waals surface area contributed by atoms with E-state index in [9.17, 15) is 4.79 Å². The van der Waals surface area contributed by atoms with Gasteiger partial charge in [0.15, 0.2) is 5.82 Å². The molecule has 0 spiro atoms. The summed E-state index contributed by atoms with van der Waals surface area (Å²) in [4.78, 5) is 22.3. The molecular formula is C24H19BrN6O. The molecule has 1 aliphatic rings. The highest BCUT2D eigenvalue weighted by molar-refractivity contribution is 9.10. The van der Waals surface area contributed by atoms with E-state index in [0.29, 0.717) is 28.9 Å². The van der Waals surface area contributed by atoms with Crippen LogP contribution in [0.15, 0.2) is 94.7 Å². The number of carbonyl (C=O) groups excluding carboxylic acids is 1. The van der Waals surface area contributed by atoms with Gasteiger partial charge in [-0.05, 0) is 36.8 Å². The predicted molar refractivity (Wildman–Crippen MR) is 127 cm³/mol. The average Bonchev–Trinajstić information content (AvgIpc) is 3.23. The molecule has 2 aromatic carbocycles. The van der Waals surface area contributed by atoms with Crippen LogP contribution >= 0.6 is 15.9 Å². The molecule has 5 rings (SSSR count). The number of halogens is 1. The molecule has 0 bridgehead atoms. The summed E-state index contributed by atoms with van der Waals surface area (Å²) in [5.74, 6) is 1.42. The van der Waals surface area contributed by atoms with Gasteiger partial charge >= 0.3 is 0 Å². The molecule has 1 amide bonds. The Hall–Kier alpha value is -3.78. The predicted octanol–water partition coefficient (Wildman–Crippen LogP) is 5.03.